The minimum absolute atomic E-state index is 0.0868. The Morgan fingerprint density at radius 1 is 1.11 bits per heavy atom. The van der Waals surface area contributed by atoms with Crippen molar-refractivity contribution in [1.82, 2.24) is 9.21 Å². The van der Waals surface area contributed by atoms with Crippen LogP contribution in [-0.4, -0.2) is 60.3 Å². The third-order valence-corrected chi connectivity index (χ3v) is 7.46. The lowest BCUT2D eigenvalue weighted by atomic mass is 10.1. The highest BCUT2D eigenvalue weighted by molar-refractivity contribution is 7.89. The number of hydrogen-bond donors (Lipinski definition) is 1. The summed E-state index contributed by atoms with van der Waals surface area (Å²) in [4.78, 5) is 25.7. The van der Waals surface area contributed by atoms with Crippen molar-refractivity contribution in [2.24, 2.45) is 0 Å². The van der Waals surface area contributed by atoms with E-state index < -0.39 is 16.0 Å². The second kappa shape index (κ2) is 7.98. The fraction of sp³-hybridized carbons (Fsp3) is 0.579. The third kappa shape index (κ3) is 4.16. The molecular weight excluding hydrogens is 368 g/mol. The highest BCUT2D eigenvalue weighted by atomic mass is 32.2. The van der Waals surface area contributed by atoms with Gasteiger partial charge in [-0.05, 0) is 50.3 Å². The lowest BCUT2D eigenvalue weighted by Crippen LogP contribution is -2.37. The minimum atomic E-state index is -3.64. The molecule has 1 unspecified atom stereocenters. The molecule has 1 aromatic carbocycles. The fourth-order valence-corrected chi connectivity index (χ4v) is 5.71. The first-order valence-electron chi connectivity index (χ1n) is 9.44. The fourth-order valence-electron chi connectivity index (χ4n) is 3.94. The number of aliphatic carboxylic acids is 1. The molecule has 27 heavy (non-hydrogen) atoms. The first-order valence-corrected chi connectivity index (χ1v) is 10.9. The van der Waals surface area contributed by atoms with Gasteiger partial charge in [-0.2, -0.15) is 4.31 Å². The molecule has 8 heteroatoms. The number of amides is 1. The number of benzene rings is 1. The Kier molecular flexibility index (Phi) is 5.86. The molecule has 7 nitrogen and oxygen atoms in total. The predicted molar refractivity (Wildman–Crippen MR) is 100 cm³/mol. The molecule has 0 aliphatic carbocycles. The SMILES string of the molecule is Cc1ccc(C(=O)N2CCCC2CC(=O)O)cc1S(=O)(=O)N1CCCCC1. The molecular formula is C19H26N2O5S. The van der Waals surface area contributed by atoms with E-state index >= 15 is 0 Å². The number of likely N-dealkylation sites (tertiary alicyclic amines) is 1. The van der Waals surface area contributed by atoms with E-state index in [1.165, 1.54) is 10.4 Å². The number of carboxylic acids is 1. The molecule has 2 saturated heterocycles. The van der Waals surface area contributed by atoms with E-state index in [4.69, 9.17) is 5.11 Å². The molecule has 0 aromatic heterocycles. The second-order valence-electron chi connectivity index (χ2n) is 7.34. The molecule has 148 valence electrons. The number of nitrogens with zero attached hydrogens (tertiary/aromatic N) is 2. The van der Waals surface area contributed by atoms with Gasteiger partial charge in [0.15, 0.2) is 0 Å². The van der Waals surface area contributed by atoms with E-state index in [1.54, 1.807) is 24.0 Å². The van der Waals surface area contributed by atoms with Crippen LogP contribution in [0.15, 0.2) is 23.1 Å². The van der Waals surface area contributed by atoms with Crippen LogP contribution >= 0.6 is 0 Å². The Bertz CT molecular complexity index is 831. The summed E-state index contributed by atoms with van der Waals surface area (Å²) in [6.45, 7) is 3.24. The lowest BCUT2D eigenvalue weighted by molar-refractivity contribution is -0.137. The third-order valence-electron chi connectivity index (χ3n) is 5.42. The Morgan fingerprint density at radius 2 is 1.81 bits per heavy atom. The molecule has 0 radical (unpaired) electrons. The Labute approximate surface area is 160 Å². The number of aryl methyl sites for hydroxylation is 1. The zero-order chi connectivity index (χ0) is 19.6. The van der Waals surface area contributed by atoms with Crippen LogP contribution in [0.2, 0.25) is 0 Å². The largest absolute Gasteiger partial charge is 0.481 e. The summed E-state index contributed by atoms with van der Waals surface area (Å²) in [7, 11) is -3.64. The number of sulfonamides is 1. The number of carbonyl (C=O) groups excluding carboxylic acids is 1. The predicted octanol–water partition coefficient (Wildman–Crippen LogP) is 2.25. The average molecular weight is 394 g/mol. The van der Waals surface area contributed by atoms with Gasteiger partial charge in [-0.15, -0.1) is 0 Å². The van der Waals surface area contributed by atoms with Gasteiger partial charge in [0.05, 0.1) is 11.3 Å². The van der Waals surface area contributed by atoms with Crippen molar-refractivity contribution in [2.75, 3.05) is 19.6 Å². The van der Waals surface area contributed by atoms with Crippen LogP contribution in [0.1, 0.15) is 54.4 Å². The minimum Gasteiger partial charge on any atom is -0.481 e. The molecule has 1 atom stereocenters. The molecule has 3 rings (SSSR count). The van der Waals surface area contributed by atoms with Gasteiger partial charge in [0.25, 0.3) is 5.91 Å². The first-order chi connectivity index (χ1) is 12.8. The molecule has 2 aliphatic rings. The molecule has 0 spiro atoms. The average Bonchev–Trinajstić information content (AvgIpc) is 3.09. The van der Waals surface area contributed by atoms with Gasteiger partial charge in [-0.1, -0.05) is 12.5 Å². The van der Waals surface area contributed by atoms with Crippen molar-refractivity contribution >= 4 is 21.9 Å². The summed E-state index contributed by atoms with van der Waals surface area (Å²) in [6.07, 6.45) is 4.06. The maximum absolute atomic E-state index is 13.0. The highest BCUT2D eigenvalue weighted by Gasteiger charge is 2.33. The van der Waals surface area contributed by atoms with Crippen molar-refractivity contribution in [3.63, 3.8) is 0 Å². The van der Waals surface area contributed by atoms with Gasteiger partial charge in [0.1, 0.15) is 0 Å². The summed E-state index contributed by atoms with van der Waals surface area (Å²) >= 11 is 0. The summed E-state index contributed by atoms with van der Waals surface area (Å²) in [5, 5.41) is 9.05. The monoisotopic (exact) mass is 394 g/mol. The molecule has 1 N–H and O–H groups in total. The molecule has 1 aromatic rings. The maximum Gasteiger partial charge on any atom is 0.305 e. The van der Waals surface area contributed by atoms with Crippen LogP contribution in [0.25, 0.3) is 0 Å². The van der Waals surface area contributed by atoms with E-state index in [2.05, 4.69) is 0 Å². The smallest absolute Gasteiger partial charge is 0.305 e. The Balaban J connectivity index is 1.88. The van der Waals surface area contributed by atoms with Crippen LogP contribution in [0.3, 0.4) is 0 Å². The lowest BCUT2D eigenvalue weighted by Gasteiger charge is -2.27. The van der Waals surface area contributed by atoms with Gasteiger partial charge in [0.2, 0.25) is 10.0 Å². The number of piperidine rings is 1. The number of carbonyl (C=O) groups is 2. The Hall–Kier alpha value is -1.93. The van der Waals surface area contributed by atoms with Gasteiger partial charge >= 0.3 is 5.97 Å². The summed E-state index contributed by atoms with van der Waals surface area (Å²) in [5.41, 5.74) is 0.911. The van der Waals surface area contributed by atoms with E-state index in [9.17, 15) is 18.0 Å². The van der Waals surface area contributed by atoms with Crippen molar-refractivity contribution in [1.29, 1.82) is 0 Å². The van der Waals surface area contributed by atoms with Crippen molar-refractivity contribution < 1.29 is 23.1 Å². The molecule has 0 bridgehead atoms. The van der Waals surface area contributed by atoms with E-state index in [0.717, 1.165) is 25.7 Å². The van der Waals surface area contributed by atoms with Gasteiger partial charge in [-0.25, -0.2) is 8.42 Å². The van der Waals surface area contributed by atoms with E-state index in [1.807, 2.05) is 0 Å². The van der Waals surface area contributed by atoms with Crippen LogP contribution in [0.5, 0.6) is 0 Å². The van der Waals surface area contributed by atoms with Crippen LogP contribution in [-0.2, 0) is 14.8 Å². The number of rotatable bonds is 5. The second-order valence-corrected chi connectivity index (χ2v) is 9.24. The topological polar surface area (TPSA) is 95.0 Å². The summed E-state index contributed by atoms with van der Waals surface area (Å²) < 4.78 is 27.6. The van der Waals surface area contributed by atoms with E-state index in [0.29, 0.717) is 37.2 Å². The molecule has 1 amide bonds. The van der Waals surface area contributed by atoms with Gasteiger partial charge in [0, 0.05) is 31.2 Å². The van der Waals surface area contributed by atoms with Crippen LogP contribution in [0.4, 0.5) is 0 Å². The van der Waals surface area contributed by atoms with Crippen LogP contribution < -0.4 is 0 Å². The van der Waals surface area contributed by atoms with Crippen LogP contribution in [0, 0.1) is 6.92 Å². The van der Waals surface area contributed by atoms with Crippen molar-refractivity contribution in [3.8, 4) is 0 Å². The summed E-state index contributed by atoms with van der Waals surface area (Å²) in [6, 6.07) is 4.41. The maximum atomic E-state index is 13.0. The first kappa shape index (κ1) is 19.8. The number of hydrogen-bond acceptors (Lipinski definition) is 4. The standard InChI is InChI=1S/C19H26N2O5S/c1-14-7-8-15(19(24)21-11-5-6-16(21)13-18(22)23)12-17(14)27(25,26)20-9-3-2-4-10-20/h7-8,12,16H,2-6,9-11,13H2,1H3,(H,22,23). The molecule has 2 aliphatic heterocycles. The van der Waals surface area contributed by atoms with Gasteiger partial charge in [-0.3, -0.25) is 9.59 Å². The molecule has 2 heterocycles. The van der Waals surface area contributed by atoms with E-state index in [-0.39, 0.29) is 23.3 Å². The zero-order valence-electron chi connectivity index (χ0n) is 15.6. The quantitative estimate of drug-likeness (QED) is 0.826. The highest BCUT2D eigenvalue weighted by Crippen LogP contribution is 2.27. The van der Waals surface area contributed by atoms with Crippen molar-refractivity contribution in [3.05, 3.63) is 29.3 Å². The zero-order valence-corrected chi connectivity index (χ0v) is 16.4. The molecule has 0 saturated carbocycles. The normalized spacial score (nSPS) is 21.4. The van der Waals surface area contributed by atoms with Crippen molar-refractivity contribution in [2.45, 2.75) is 56.4 Å². The number of carboxylic acid groups (broad SMARTS) is 1. The van der Waals surface area contributed by atoms with Gasteiger partial charge < -0.3 is 10.0 Å². The Morgan fingerprint density at radius 3 is 2.48 bits per heavy atom. The molecule has 2 fully saturated rings. The summed E-state index contributed by atoms with van der Waals surface area (Å²) in [5.74, 6) is -1.23.